The second kappa shape index (κ2) is 3.89. The largest absolute Gasteiger partial charge is 0.352 e. The van der Waals surface area contributed by atoms with Crippen molar-refractivity contribution in [1.29, 1.82) is 0 Å². The Balaban J connectivity index is 1.85. The summed E-state index contributed by atoms with van der Waals surface area (Å²) in [5, 5.41) is 3.14. The molecule has 0 aromatic carbocycles. The molecule has 80 valence electrons. The van der Waals surface area contributed by atoms with Crippen LogP contribution in [0.15, 0.2) is 0 Å². The number of nitrogens with zero attached hydrogens (tertiary/aromatic N) is 1. The smallest absolute Gasteiger partial charge is 0.222 e. The van der Waals surface area contributed by atoms with Crippen molar-refractivity contribution in [3.8, 4) is 0 Å². The van der Waals surface area contributed by atoms with Crippen molar-refractivity contribution < 1.29 is 4.79 Å². The van der Waals surface area contributed by atoms with Crippen molar-refractivity contribution in [2.45, 2.75) is 32.7 Å². The van der Waals surface area contributed by atoms with E-state index in [2.05, 4.69) is 10.2 Å². The average Bonchev–Trinajstić information content (AvgIpc) is 2.45. The molecule has 2 aliphatic rings. The van der Waals surface area contributed by atoms with Crippen LogP contribution in [0.4, 0.5) is 0 Å². The summed E-state index contributed by atoms with van der Waals surface area (Å²) >= 11 is 0. The second-order valence-corrected chi connectivity index (χ2v) is 5.01. The highest BCUT2D eigenvalue weighted by molar-refractivity contribution is 5.78. The molecule has 1 N–H and O–H groups in total. The number of piperidine rings is 1. The normalized spacial score (nSPS) is 36.1. The lowest BCUT2D eigenvalue weighted by Gasteiger charge is -2.30. The molecule has 3 atom stereocenters. The summed E-state index contributed by atoms with van der Waals surface area (Å²) in [7, 11) is 0. The van der Waals surface area contributed by atoms with E-state index < -0.39 is 0 Å². The van der Waals surface area contributed by atoms with Gasteiger partial charge in [0.25, 0.3) is 0 Å². The first-order valence-electron chi connectivity index (χ1n) is 5.68. The zero-order valence-electron chi connectivity index (χ0n) is 9.12. The number of hydrogen-bond donors (Lipinski definition) is 1. The number of nitrogens with one attached hydrogen (secondary N) is 1. The minimum atomic E-state index is 0.115. The quantitative estimate of drug-likeness (QED) is 0.710. The molecule has 3 nitrogen and oxygen atoms in total. The number of fused-ring (bicyclic) bond motifs is 2. The van der Waals surface area contributed by atoms with E-state index >= 15 is 0 Å². The fourth-order valence-electron chi connectivity index (χ4n) is 2.53. The van der Waals surface area contributed by atoms with Crippen molar-refractivity contribution in [2.75, 3.05) is 19.6 Å². The third-order valence-corrected chi connectivity index (χ3v) is 3.34. The van der Waals surface area contributed by atoms with Crippen molar-refractivity contribution in [3.63, 3.8) is 0 Å². The highest BCUT2D eigenvalue weighted by Crippen LogP contribution is 2.26. The summed E-state index contributed by atoms with van der Waals surface area (Å²) in [4.78, 5) is 14.0. The molecule has 0 aromatic rings. The SMILES string of the molecule is CC(C)C(=O)N[C@H]1CC2CCN(C2)C1. The summed E-state index contributed by atoms with van der Waals surface area (Å²) in [5.74, 6) is 1.16. The molecule has 2 aliphatic heterocycles. The van der Waals surface area contributed by atoms with Crippen LogP contribution in [0.1, 0.15) is 26.7 Å². The van der Waals surface area contributed by atoms with E-state index in [1.165, 1.54) is 25.9 Å². The highest BCUT2D eigenvalue weighted by Gasteiger charge is 2.32. The van der Waals surface area contributed by atoms with Gasteiger partial charge in [-0.3, -0.25) is 4.79 Å². The zero-order chi connectivity index (χ0) is 10.1. The molecule has 0 spiro atoms. The minimum absolute atomic E-state index is 0.115. The van der Waals surface area contributed by atoms with Gasteiger partial charge in [-0.05, 0) is 25.3 Å². The van der Waals surface area contributed by atoms with Crippen LogP contribution in [0.2, 0.25) is 0 Å². The molecule has 0 radical (unpaired) electrons. The monoisotopic (exact) mass is 196 g/mol. The van der Waals surface area contributed by atoms with E-state index in [0.29, 0.717) is 6.04 Å². The van der Waals surface area contributed by atoms with Crippen LogP contribution >= 0.6 is 0 Å². The molecule has 0 aliphatic carbocycles. The van der Waals surface area contributed by atoms with Crippen molar-refractivity contribution in [3.05, 3.63) is 0 Å². The summed E-state index contributed by atoms with van der Waals surface area (Å²) in [6.07, 6.45) is 2.52. The van der Waals surface area contributed by atoms with Crippen LogP contribution < -0.4 is 5.32 Å². The standard InChI is InChI=1S/C11H20N2O/c1-8(2)11(14)12-10-5-9-3-4-13(6-9)7-10/h8-10H,3-7H2,1-2H3,(H,12,14)/t9?,10-/m0/s1. The van der Waals surface area contributed by atoms with Gasteiger partial charge in [-0.25, -0.2) is 0 Å². The predicted octanol–water partition coefficient (Wildman–Crippen LogP) is 0.853. The van der Waals surface area contributed by atoms with Crippen LogP contribution in [-0.2, 0) is 4.79 Å². The van der Waals surface area contributed by atoms with E-state index in [0.717, 1.165) is 12.5 Å². The summed E-state index contributed by atoms with van der Waals surface area (Å²) in [5.41, 5.74) is 0. The van der Waals surface area contributed by atoms with Crippen LogP contribution in [0.5, 0.6) is 0 Å². The molecular formula is C11H20N2O. The van der Waals surface area contributed by atoms with Crippen LogP contribution in [0.25, 0.3) is 0 Å². The van der Waals surface area contributed by atoms with Crippen LogP contribution in [0.3, 0.4) is 0 Å². The molecule has 2 unspecified atom stereocenters. The fraction of sp³-hybridized carbons (Fsp3) is 0.909. The number of hydrogen-bond acceptors (Lipinski definition) is 2. The van der Waals surface area contributed by atoms with Crippen molar-refractivity contribution in [2.24, 2.45) is 11.8 Å². The number of carbonyl (C=O) groups is 1. The topological polar surface area (TPSA) is 32.3 Å². The molecule has 0 aromatic heterocycles. The minimum Gasteiger partial charge on any atom is -0.352 e. The van der Waals surface area contributed by atoms with Gasteiger partial charge in [0.05, 0.1) is 0 Å². The summed E-state index contributed by atoms with van der Waals surface area (Å²) in [6.45, 7) is 7.46. The van der Waals surface area contributed by atoms with Crippen molar-refractivity contribution in [1.82, 2.24) is 10.2 Å². The first-order chi connectivity index (χ1) is 6.65. The van der Waals surface area contributed by atoms with Gasteiger partial charge in [-0.2, -0.15) is 0 Å². The summed E-state index contributed by atoms with van der Waals surface area (Å²) < 4.78 is 0. The molecule has 3 heteroatoms. The molecule has 2 bridgehead atoms. The van der Waals surface area contributed by atoms with Crippen molar-refractivity contribution >= 4 is 5.91 Å². The highest BCUT2D eigenvalue weighted by atomic mass is 16.1. The molecule has 2 saturated heterocycles. The van der Waals surface area contributed by atoms with Crippen LogP contribution in [0, 0.1) is 11.8 Å². The first kappa shape index (κ1) is 9.97. The Labute approximate surface area is 85.8 Å². The van der Waals surface area contributed by atoms with E-state index in [9.17, 15) is 4.79 Å². The summed E-state index contributed by atoms with van der Waals surface area (Å²) in [6, 6.07) is 0.408. The Bertz CT molecular complexity index is 215. The Kier molecular flexibility index (Phi) is 2.77. The fourth-order valence-corrected chi connectivity index (χ4v) is 2.53. The predicted molar refractivity (Wildman–Crippen MR) is 55.9 cm³/mol. The average molecular weight is 196 g/mol. The lowest BCUT2D eigenvalue weighted by molar-refractivity contribution is -0.125. The molecule has 2 rings (SSSR count). The molecular weight excluding hydrogens is 176 g/mol. The number of carbonyl (C=O) groups excluding carboxylic acids is 1. The second-order valence-electron chi connectivity index (χ2n) is 5.01. The van der Waals surface area contributed by atoms with Gasteiger partial charge in [0.15, 0.2) is 0 Å². The van der Waals surface area contributed by atoms with Gasteiger partial charge in [0.2, 0.25) is 5.91 Å². The van der Waals surface area contributed by atoms with Gasteiger partial charge in [-0.15, -0.1) is 0 Å². The number of rotatable bonds is 2. The lowest BCUT2D eigenvalue weighted by Crippen LogP contribution is -2.48. The van der Waals surface area contributed by atoms with E-state index in [1.807, 2.05) is 13.8 Å². The van der Waals surface area contributed by atoms with Gasteiger partial charge in [-0.1, -0.05) is 13.8 Å². The van der Waals surface area contributed by atoms with Gasteiger partial charge < -0.3 is 10.2 Å². The zero-order valence-corrected chi connectivity index (χ0v) is 9.12. The maximum atomic E-state index is 11.5. The maximum Gasteiger partial charge on any atom is 0.222 e. The van der Waals surface area contributed by atoms with E-state index in [-0.39, 0.29) is 11.8 Å². The van der Waals surface area contributed by atoms with Gasteiger partial charge in [0.1, 0.15) is 0 Å². The van der Waals surface area contributed by atoms with E-state index in [1.54, 1.807) is 0 Å². The Morgan fingerprint density at radius 1 is 1.43 bits per heavy atom. The molecule has 2 heterocycles. The maximum absolute atomic E-state index is 11.5. The first-order valence-corrected chi connectivity index (χ1v) is 5.68. The molecule has 1 amide bonds. The molecule has 0 saturated carbocycles. The van der Waals surface area contributed by atoms with Gasteiger partial charge in [0, 0.05) is 25.0 Å². The van der Waals surface area contributed by atoms with Gasteiger partial charge >= 0.3 is 0 Å². The Morgan fingerprint density at radius 2 is 2.21 bits per heavy atom. The number of amides is 1. The Hall–Kier alpha value is -0.570. The third-order valence-electron chi connectivity index (χ3n) is 3.34. The van der Waals surface area contributed by atoms with E-state index in [4.69, 9.17) is 0 Å². The molecule has 2 fully saturated rings. The lowest BCUT2D eigenvalue weighted by atomic mass is 9.96. The third kappa shape index (κ3) is 2.08. The Morgan fingerprint density at radius 3 is 2.86 bits per heavy atom. The van der Waals surface area contributed by atoms with Crippen LogP contribution in [-0.4, -0.2) is 36.5 Å². The molecule has 14 heavy (non-hydrogen) atoms.